The van der Waals surface area contributed by atoms with Gasteiger partial charge in [-0.1, -0.05) is 23.7 Å². The lowest BCUT2D eigenvalue weighted by Crippen LogP contribution is -2.36. The quantitative estimate of drug-likeness (QED) is 0.829. The predicted octanol–water partition coefficient (Wildman–Crippen LogP) is 1.66. The van der Waals surface area contributed by atoms with Crippen molar-refractivity contribution >= 4 is 23.2 Å². The Hall–Kier alpha value is -1.06. The van der Waals surface area contributed by atoms with Crippen molar-refractivity contribution in [3.8, 4) is 0 Å². The molecule has 0 aliphatic carbocycles. The molecule has 1 aromatic carbocycles. The summed E-state index contributed by atoms with van der Waals surface area (Å²) in [6.45, 7) is 0.730. The summed E-state index contributed by atoms with van der Waals surface area (Å²) >= 11 is 6.05. The molecule has 1 aromatic rings. The van der Waals surface area contributed by atoms with E-state index in [0.717, 1.165) is 18.7 Å². The summed E-state index contributed by atoms with van der Waals surface area (Å²) < 4.78 is 0. The van der Waals surface area contributed by atoms with Crippen LogP contribution in [-0.2, 0) is 4.79 Å². The second kappa shape index (κ2) is 4.21. The van der Waals surface area contributed by atoms with Crippen LogP contribution in [0.1, 0.15) is 6.42 Å². The average Bonchev–Trinajstić information content (AvgIpc) is 2.60. The number of halogens is 1. The van der Waals surface area contributed by atoms with Crippen LogP contribution in [0.25, 0.3) is 0 Å². The summed E-state index contributed by atoms with van der Waals surface area (Å²) in [5.41, 5.74) is 0.807. The van der Waals surface area contributed by atoms with Gasteiger partial charge in [0, 0.05) is 6.54 Å². The van der Waals surface area contributed by atoms with Gasteiger partial charge in [-0.2, -0.15) is 0 Å². The van der Waals surface area contributed by atoms with E-state index in [0.29, 0.717) is 5.02 Å². The highest BCUT2D eigenvalue weighted by Gasteiger charge is 2.31. The maximum absolute atomic E-state index is 11.9. The first kappa shape index (κ1) is 10.5. The summed E-state index contributed by atoms with van der Waals surface area (Å²) in [5.74, 6) is 0.102. The Morgan fingerprint density at radius 2 is 2.20 bits per heavy atom. The fourth-order valence-corrected chi connectivity index (χ4v) is 2.10. The Labute approximate surface area is 94.0 Å². The van der Waals surface area contributed by atoms with Gasteiger partial charge in [-0.05, 0) is 25.6 Å². The molecule has 1 amide bonds. The zero-order valence-corrected chi connectivity index (χ0v) is 9.29. The number of carbonyl (C=O) groups is 1. The number of rotatable bonds is 2. The largest absolute Gasteiger partial charge is 0.310 e. The Bertz CT molecular complexity index is 381. The van der Waals surface area contributed by atoms with Gasteiger partial charge in [0.25, 0.3) is 0 Å². The third kappa shape index (κ3) is 1.85. The molecule has 0 radical (unpaired) electrons. The first-order chi connectivity index (χ1) is 7.24. The first-order valence-electron chi connectivity index (χ1n) is 4.97. The molecule has 0 bridgehead atoms. The molecular formula is C11H13ClN2O. The summed E-state index contributed by atoms with van der Waals surface area (Å²) in [6, 6.07) is 7.36. The Morgan fingerprint density at radius 1 is 1.47 bits per heavy atom. The average molecular weight is 225 g/mol. The van der Waals surface area contributed by atoms with Crippen molar-refractivity contribution in [2.75, 3.05) is 18.5 Å². The minimum atomic E-state index is -0.0683. The van der Waals surface area contributed by atoms with E-state index in [1.54, 1.807) is 18.0 Å². The van der Waals surface area contributed by atoms with Crippen LogP contribution in [0.5, 0.6) is 0 Å². The van der Waals surface area contributed by atoms with Crippen LogP contribution in [0.15, 0.2) is 24.3 Å². The first-order valence-corrected chi connectivity index (χ1v) is 5.35. The molecule has 0 aromatic heterocycles. The fraction of sp³-hybridized carbons (Fsp3) is 0.364. The molecule has 3 nitrogen and oxygen atoms in total. The molecule has 80 valence electrons. The van der Waals surface area contributed by atoms with Crippen LogP contribution in [0.4, 0.5) is 5.69 Å². The van der Waals surface area contributed by atoms with E-state index >= 15 is 0 Å². The lowest BCUT2D eigenvalue weighted by molar-refractivity contribution is -0.118. The summed E-state index contributed by atoms with van der Waals surface area (Å²) in [7, 11) is 1.80. The van der Waals surface area contributed by atoms with Gasteiger partial charge in [-0.3, -0.25) is 4.79 Å². The molecular weight excluding hydrogens is 212 g/mol. The number of benzene rings is 1. The topological polar surface area (TPSA) is 32.3 Å². The van der Waals surface area contributed by atoms with Crippen molar-refractivity contribution < 1.29 is 4.79 Å². The standard InChI is InChI=1S/C11H13ClN2O/c1-13-9-6-7-14(11(9)15)10-5-3-2-4-8(10)12/h2-5,9,13H,6-7H2,1H3/t9-/m1/s1. The van der Waals surface area contributed by atoms with E-state index in [9.17, 15) is 4.79 Å². The van der Waals surface area contributed by atoms with Gasteiger partial charge < -0.3 is 10.2 Å². The lowest BCUT2D eigenvalue weighted by Gasteiger charge is -2.17. The molecule has 2 rings (SSSR count). The molecule has 15 heavy (non-hydrogen) atoms. The highest BCUT2D eigenvalue weighted by Crippen LogP contribution is 2.28. The number of carbonyl (C=O) groups excluding carboxylic acids is 1. The van der Waals surface area contributed by atoms with Crippen LogP contribution in [0, 0.1) is 0 Å². The molecule has 4 heteroatoms. The van der Waals surface area contributed by atoms with Gasteiger partial charge in [0.05, 0.1) is 16.8 Å². The molecule has 1 N–H and O–H groups in total. The Balaban J connectivity index is 2.27. The van der Waals surface area contributed by atoms with E-state index in [1.807, 2.05) is 18.2 Å². The molecule has 1 heterocycles. The maximum atomic E-state index is 11.9. The number of para-hydroxylation sites is 1. The number of amides is 1. The monoisotopic (exact) mass is 224 g/mol. The summed E-state index contributed by atoms with van der Waals surface area (Å²) in [5, 5.41) is 3.63. The molecule has 1 aliphatic rings. The van der Waals surface area contributed by atoms with Gasteiger partial charge in [-0.25, -0.2) is 0 Å². The van der Waals surface area contributed by atoms with E-state index in [2.05, 4.69) is 5.32 Å². The minimum absolute atomic E-state index is 0.0683. The molecule has 0 unspecified atom stereocenters. The zero-order chi connectivity index (χ0) is 10.8. The number of hydrogen-bond donors (Lipinski definition) is 1. The molecule has 1 fully saturated rings. The Morgan fingerprint density at radius 3 is 2.80 bits per heavy atom. The van der Waals surface area contributed by atoms with Gasteiger partial charge in [0.15, 0.2) is 0 Å². The van der Waals surface area contributed by atoms with Crippen molar-refractivity contribution in [3.05, 3.63) is 29.3 Å². The Kier molecular flexibility index (Phi) is 2.93. The van der Waals surface area contributed by atoms with Gasteiger partial charge in [0.1, 0.15) is 0 Å². The maximum Gasteiger partial charge on any atom is 0.244 e. The number of hydrogen-bond acceptors (Lipinski definition) is 2. The van der Waals surface area contributed by atoms with Crippen molar-refractivity contribution in [3.63, 3.8) is 0 Å². The SMILES string of the molecule is CN[C@@H]1CCN(c2ccccc2Cl)C1=O. The number of nitrogens with zero attached hydrogens (tertiary/aromatic N) is 1. The lowest BCUT2D eigenvalue weighted by atomic mass is 10.2. The van der Waals surface area contributed by atoms with Crippen LogP contribution in [0.2, 0.25) is 5.02 Å². The fourth-order valence-electron chi connectivity index (χ4n) is 1.86. The van der Waals surface area contributed by atoms with E-state index in [4.69, 9.17) is 11.6 Å². The van der Waals surface area contributed by atoms with Gasteiger partial charge in [-0.15, -0.1) is 0 Å². The highest BCUT2D eigenvalue weighted by atomic mass is 35.5. The van der Waals surface area contributed by atoms with Crippen LogP contribution in [-0.4, -0.2) is 25.5 Å². The number of likely N-dealkylation sites (N-methyl/N-ethyl adjacent to an activating group) is 1. The van der Waals surface area contributed by atoms with Crippen molar-refractivity contribution in [1.29, 1.82) is 0 Å². The van der Waals surface area contributed by atoms with E-state index in [-0.39, 0.29) is 11.9 Å². The van der Waals surface area contributed by atoms with E-state index < -0.39 is 0 Å². The summed E-state index contributed by atoms with van der Waals surface area (Å²) in [6.07, 6.45) is 0.834. The molecule has 0 spiro atoms. The molecule has 1 atom stereocenters. The minimum Gasteiger partial charge on any atom is -0.310 e. The second-order valence-corrected chi connectivity index (χ2v) is 3.98. The van der Waals surface area contributed by atoms with Crippen molar-refractivity contribution in [2.24, 2.45) is 0 Å². The van der Waals surface area contributed by atoms with Crippen LogP contribution in [0.3, 0.4) is 0 Å². The van der Waals surface area contributed by atoms with Crippen molar-refractivity contribution in [1.82, 2.24) is 5.32 Å². The highest BCUT2D eigenvalue weighted by molar-refractivity contribution is 6.33. The van der Waals surface area contributed by atoms with Crippen molar-refractivity contribution in [2.45, 2.75) is 12.5 Å². The van der Waals surface area contributed by atoms with Gasteiger partial charge >= 0.3 is 0 Å². The number of nitrogens with one attached hydrogen (secondary N) is 1. The second-order valence-electron chi connectivity index (χ2n) is 3.57. The zero-order valence-electron chi connectivity index (χ0n) is 8.53. The van der Waals surface area contributed by atoms with Gasteiger partial charge in [0.2, 0.25) is 5.91 Å². The molecule has 1 aliphatic heterocycles. The third-order valence-electron chi connectivity index (χ3n) is 2.70. The predicted molar refractivity (Wildman–Crippen MR) is 61.3 cm³/mol. The van der Waals surface area contributed by atoms with E-state index in [1.165, 1.54) is 0 Å². The van der Waals surface area contributed by atoms with Crippen LogP contribution < -0.4 is 10.2 Å². The summed E-state index contributed by atoms with van der Waals surface area (Å²) in [4.78, 5) is 13.6. The molecule has 0 saturated carbocycles. The smallest absolute Gasteiger partial charge is 0.244 e. The normalized spacial score (nSPS) is 21.1. The molecule has 1 saturated heterocycles. The third-order valence-corrected chi connectivity index (χ3v) is 3.02. The van der Waals surface area contributed by atoms with Crippen LogP contribution >= 0.6 is 11.6 Å². The number of anilines is 1.